The number of thiazole rings is 1. The second-order valence-electron chi connectivity index (χ2n) is 6.07. The van der Waals surface area contributed by atoms with E-state index in [2.05, 4.69) is 54.2 Å². The van der Waals surface area contributed by atoms with Gasteiger partial charge in [-0.1, -0.05) is 25.1 Å². The summed E-state index contributed by atoms with van der Waals surface area (Å²) in [7, 11) is 0. The number of carbonyl (C=O) groups is 1. The van der Waals surface area contributed by atoms with E-state index in [1.165, 1.54) is 16.1 Å². The van der Waals surface area contributed by atoms with Crippen LogP contribution in [0, 0.1) is 6.92 Å². The van der Waals surface area contributed by atoms with E-state index in [1.54, 1.807) is 11.3 Å². The van der Waals surface area contributed by atoms with E-state index in [1.807, 2.05) is 6.07 Å². The SMILES string of the molecule is CCc1nc(NC(=O)CN2c3ccccc3CCC2C)sc1C. The van der Waals surface area contributed by atoms with Crippen molar-refractivity contribution in [3.05, 3.63) is 40.4 Å². The summed E-state index contributed by atoms with van der Waals surface area (Å²) in [5.74, 6) is 0.00459. The zero-order valence-electron chi connectivity index (χ0n) is 13.9. The molecule has 1 aliphatic rings. The normalized spacial score (nSPS) is 17.0. The van der Waals surface area contributed by atoms with Gasteiger partial charge in [0.25, 0.3) is 0 Å². The van der Waals surface area contributed by atoms with Crippen LogP contribution in [-0.4, -0.2) is 23.5 Å². The van der Waals surface area contributed by atoms with Crippen LogP contribution in [-0.2, 0) is 17.6 Å². The van der Waals surface area contributed by atoms with E-state index in [0.29, 0.717) is 17.7 Å². The number of hydrogen-bond donors (Lipinski definition) is 1. The summed E-state index contributed by atoms with van der Waals surface area (Å²) in [5.41, 5.74) is 3.59. The topological polar surface area (TPSA) is 45.2 Å². The molecule has 0 fully saturated rings. The predicted octanol–water partition coefficient (Wildman–Crippen LogP) is 3.79. The zero-order valence-corrected chi connectivity index (χ0v) is 14.7. The summed E-state index contributed by atoms with van der Waals surface area (Å²) in [5, 5.41) is 3.67. The molecular formula is C18H23N3OS. The Bertz CT molecular complexity index is 710. The number of aryl methyl sites for hydroxylation is 3. The van der Waals surface area contributed by atoms with Crippen molar-refractivity contribution in [1.82, 2.24) is 4.98 Å². The standard InChI is InChI=1S/C18H23N3OS/c1-4-15-13(3)23-18(19-15)20-17(22)11-21-12(2)9-10-14-7-5-6-8-16(14)21/h5-8,12H,4,9-11H2,1-3H3,(H,19,20,22). The van der Waals surface area contributed by atoms with Crippen molar-refractivity contribution in [3.8, 4) is 0 Å². The average molecular weight is 329 g/mol. The van der Waals surface area contributed by atoms with Crippen molar-refractivity contribution in [2.24, 2.45) is 0 Å². The minimum atomic E-state index is 0.00459. The van der Waals surface area contributed by atoms with Gasteiger partial charge in [0.05, 0.1) is 12.2 Å². The summed E-state index contributed by atoms with van der Waals surface area (Å²) >= 11 is 1.55. The number of hydrogen-bond acceptors (Lipinski definition) is 4. The molecule has 2 heterocycles. The zero-order chi connectivity index (χ0) is 16.4. The highest BCUT2D eigenvalue weighted by Gasteiger charge is 2.24. The number of nitrogens with zero attached hydrogens (tertiary/aromatic N) is 2. The molecule has 1 unspecified atom stereocenters. The molecule has 1 N–H and O–H groups in total. The number of amides is 1. The molecular weight excluding hydrogens is 306 g/mol. The highest BCUT2D eigenvalue weighted by atomic mass is 32.1. The second kappa shape index (κ2) is 6.71. The van der Waals surface area contributed by atoms with Gasteiger partial charge in [-0.3, -0.25) is 4.79 Å². The van der Waals surface area contributed by atoms with Crippen molar-refractivity contribution in [1.29, 1.82) is 0 Å². The summed E-state index contributed by atoms with van der Waals surface area (Å²) in [6.07, 6.45) is 3.07. The fourth-order valence-corrected chi connectivity index (χ4v) is 4.04. The molecule has 1 atom stereocenters. The Morgan fingerprint density at radius 3 is 2.96 bits per heavy atom. The highest BCUT2D eigenvalue weighted by Crippen LogP contribution is 2.30. The van der Waals surface area contributed by atoms with E-state index < -0.39 is 0 Å². The van der Waals surface area contributed by atoms with Crippen molar-refractivity contribution in [3.63, 3.8) is 0 Å². The number of carbonyl (C=O) groups excluding carboxylic acids is 1. The van der Waals surface area contributed by atoms with Gasteiger partial charge in [-0.25, -0.2) is 4.98 Å². The predicted molar refractivity (Wildman–Crippen MR) is 96.4 cm³/mol. The first-order chi connectivity index (χ1) is 11.1. The van der Waals surface area contributed by atoms with Crippen LogP contribution in [0.5, 0.6) is 0 Å². The lowest BCUT2D eigenvalue weighted by molar-refractivity contribution is -0.115. The lowest BCUT2D eigenvalue weighted by Crippen LogP contribution is -2.42. The summed E-state index contributed by atoms with van der Waals surface area (Å²) in [6.45, 7) is 6.69. The molecule has 0 spiro atoms. The molecule has 1 aromatic carbocycles. The first kappa shape index (κ1) is 16.0. The fourth-order valence-electron chi connectivity index (χ4n) is 3.12. The van der Waals surface area contributed by atoms with Crippen molar-refractivity contribution < 1.29 is 4.79 Å². The first-order valence-electron chi connectivity index (χ1n) is 8.19. The molecule has 0 bridgehead atoms. The van der Waals surface area contributed by atoms with Gasteiger partial charge in [-0.2, -0.15) is 0 Å². The quantitative estimate of drug-likeness (QED) is 0.928. The molecule has 122 valence electrons. The first-order valence-corrected chi connectivity index (χ1v) is 9.00. The van der Waals surface area contributed by atoms with Gasteiger partial charge < -0.3 is 10.2 Å². The van der Waals surface area contributed by atoms with Crippen molar-refractivity contribution >= 4 is 28.1 Å². The molecule has 23 heavy (non-hydrogen) atoms. The molecule has 0 saturated carbocycles. The molecule has 0 aliphatic carbocycles. The third-order valence-corrected chi connectivity index (χ3v) is 5.38. The molecule has 3 rings (SSSR count). The lowest BCUT2D eigenvalue weighted by Gasteiger charge is -2.36. The number of para-hydroxylation sites is 1. The van der Waals surface area contributed by atoms with Crippen LogP contribution >= 0.6 is 11.3 Å². The van der Waals surface area contributed by atoms with Gasteiger partial charge in [0.15, 0.2) is 5.13 Å². The minimum Gasteiger partial charge on any atom is -0.359 e. The monoisotopic (exact) mass is 329 g/mol. The third kappa shape index (κ3) is 3.39. The maximum absolute atomic E-state index is 12.5. The van der Waals surface area contributed by atoms with Gasteiger partial charge in [-0.05, 0) is 44.7 Å². The van der Waals surface area contributed by atoms with Crippen LogP contribution in [0.25, 0.3) is 0 Å². The Kier molecular flexibility index (Phi) is 4.66. The fraction of sp³-hybridized carbons (Fsp3) is 0.444. The molecule has 5 heteroatoms. The number of aromatic nitrogens is 1. The second-order valence-corrected chi connectivity index (χ2v) is 7.27. The van der Waals surface area contributed by atoms with Crippen LogP contribution in [0.2, 0.25) is 0 Å². The van der Waals surface area contributed by atoms with Crippen molar-refractivity contribution in [2.45, 2.75) is 46.1 Å². The Hall–Kier alpha value is -1.88. The summed E-state index contributed by atoms with van der Waals surface area (Å²) in [4.78, 5) is 20.3. The number of rotatable bonds is 4. The Labute approximate surface area is 141 Å². The lowest BCUT2D eigenvalue weighted by atomic mass is 9.97. The van der Waals surface area contributed by atoms with E-state index in [4.69, 9.17) is 0 Å². The number of benzene rings is 1. The number of nitrogens with one attached hydrogen (secondary N) is 1. The van der Waals surface area contributed by atoms with E-state index in [9.17, 15) is 4.79 Å². The van der Waals surface area contributed by atoms with Crippen LogP contribution in [0.4, 0.5) is 10.8 Å². The van der Waals surface area contributed by atoms with Crippen molar-refractivity contribution in [2.75, 3.05) is 16.8 Å². The molecule has 1 aliphatic heterocycles. The summed E-state index contributed by atoms with van der Waals surface area (Å²) < 4.78 is 0. The molecule has 0 saturated heterocycles. The van der Waals surface area contributed by atoms with Gasteiger partial charge >= 0.3 is 0 Å². The molecule has 4 nitrogen and oxygen atoms in total. The maximum atomic E-state index is 12.5. The van der Waals surface area contributed by atoms with Crippen LogP contribution in [0.15, 0.2) is 24.3 Å². The number of fused-ring (bicyclic) bond motifs is 1. The van der Waals surface area contributed by atoms with Gasteiger partial charge in [0.2, 0.25) is 5.91 Å². The molecule has 0 radical (unpaired) electrons. The van der Waals surface area contributed by atoms with Crippen LogP contribution in [0.1, 0.15) is 36.4 Å². The Morgan fingerprint density at radius 1 is 1.43 bits per heavy atom. The molecule has 1 amide bonds. The van der Waals surface area contributed by atoms with E-state index in [-0.39, 0.29) is 5.91 Å². The van der Waals surface area contributed by atoms with Gasteiger partial charge in [0, 0.05) is 16.6 Å². The maximum Gasteiger partial charge on any atom is 0.245 e. The minimum absolute atomic E-state index is 0.00459. The Morgan fingerprint density at radius 2 is 2.22 bits per heavy atom. The Balaban J connectivity index is 1.72. The smallest absolute Gasteiger partial charge is 0.245 e. The highest BCUT2D eigenvalue weighted by molar-refractivity contribution is 7.15. The molecule has 2 aromatic rings. The largest absolute Gasteiger partial charge is 0.359 e. The van der Waals surface area contributed by atoms with Gasteiger partial charge in [-0.15, -0.1) is 11.3 Å². The van der Waals surface area contributed by atoms with E-state index >= 15 is 0 Å². The third-order valence-electron chi connectivity index (χ3n) is 4.45. The average Bonchev–Trinajstić information content (AvgIpc) is 2.89. The van der Waals surface area contributed by atoms with Crippen LogP contribution in [0.3, 0.4) is 0 Å². The van der Waals surface area contributed by atoms with Gasteiger partial charge in [0.1, 0.15) is 0 Å². The molecule has 1 aromatic heterocycles. The summed E-state index contributed by atoms with van der Waals surface area (Å²) in [6, 6.07) is 8.75. The van der Waals surface area contributed by atoms with Crippen LogP contribution < -0.4 is 10.2 Å². The van der Waals surface area contributed by atoms with E-state index in [0.717, 1.165) is 25.0 Å². The number of anilines is 2.